The highest BCUT2D eigenvalue weighted by Gasteiger charge is 2.52. The van der Waals surface area contributed by atoms with Gasteiger partial charge in [0, 0.05) is 12.1 Å². The Morgan fingerprint density at radius 3 is 2.55 bits per heavy atom. The van der Waals surface area contributed by atoms with Gasteiger partial charge in [0.05, 0.1) is 42.1 Å². The Morgan fingerprint density at radius 2 is 1.88 bits per heavy atom. The van der Waals surface area contributed by atoms with Crippen LogP contribution in [0.1, 0.15) is 42.2 Å². The zero-order valence-electron chi connectivity index (χ0n) is 17.8. The summed E-state index contributed by atoms with van der Waals surface area (Å²) in [5, 5.41) is 11.5. The summed E-state index contributed by atoms with van der Waals surface area (Å²) in [7, 11) is 0. The normalized spacial score (nSPS) is 24.3. The van der Waals surface area contributed by atoms with E-state index >= 15 is 0 Å². The van der Waals surface area contributed by atoms with Crippen molar-refractivity contribution < 1.29 is 18.0 Å². The summed E-state index contributed by atoms with van der Waals surface area (Å²) in [5.74, 6) is 0.466. The van der Waals surface area contributed by atoms with Crippen molar-refractivity contribution in [2.75, 3.05) is 5.32 Å². The highest BCUT2D eigenvalue weighted by atomic mass is 19.4. The van der Waals surface area contributed by atoms with Gasteiger partial charge in [0.15, 0.2) is 5.69 Å². The molecule has 1 aliphatic heterocycles. The molecule has 4 unspecified atom stereocenters. The lowest BCUT2D eigenvalue weighted by Crippen LogP contribution is -2.52. The highest BCUT2D eigenvalue weighted by molar-refractivity contribution is 5.98. The number of rotatable bonds is 5. The minimum absolute atomic E-state index is 0.0953. The Labute approximate surface area is 187 Å². The molecule has 8 nitrogen and oxygen atoms in total. The summed E-state index contributed by atoms with van der Waals surface area (Å²) in [6, 6.07) is 7.08. The molecule has 3 heterocycles. The third-order valence-corrected chi connectivity index (χ3v) is 6.52. The van der Waals surface area contributed by atoms with Crippen LogP contribution in [-0.2, 0) is 6.18 Å². The number of carbonyl (C=O) groups excluding carboxylic acids is 1. The number of hydrogen-bond donors (Lipinski definition) is 1. The molecule has 0 spiro atoms. The van der Waals surface area contributed by atoms with Crippen molar-refractivity contribution in [2.24, 2.45) is 5.92 Å². The number of fused-ring (bicyclic) bond motifs is 2. The monoisotopic (exact) mass is 457 g/mol. The van der Waals surface area contributed by atoms with Crippen LogP contribution in [0.4, 0.5) is 19.0 Å². The smallest absolute Gasteiger partial charge is 0.364 e. The first-order chi connectivity index (χ1) is 15.9. The van der Waals surface area contributed by atoms with Gasteiger partial charge in [-0.25, -0.2) is 9.97 Å². The third-order valence-electron chi connectivity index (χ3n) is 6.52. The van der Waals surface area contributed by atoms with Crippen molar-refractivity contribution in [3.8, 4) is 5.69 Å². The summed E-state index contributed by atoms with van der Waals surface area (Å²) < 4.78 is 38.4. The average molecular weight is 457 g/mol. The highest BCUT2D eigenvalue weighted by Crippen LogP contribution is 2.45. The lowest BCUT2D eigenvalue weighted by Gasteiger charge is -2.40. The second-order valence-electron chi connectivity index (χ2n) is 8.36. The number of hydrogen-bond acceptors (Lipinski definition) is 6. The molecule has 0 radical (unpaired) electrons. The molecule has 172 valence electrons. The van der Waals surface area contributed by atoms with Crippen LogP contribution in [-0.4, -0.2) is 53.9 Å². The Morgan fingerprint density at radius 1 is 1.12 bits per heavy atom. The van der Waals surface area contributed by atoms with Gasteiger partial charge in [-0.1, -0.05) is 19.1 Å². The number of likely N-dealkylation sites (tertiary alicyclic amines) is 1. The van der Waals surface area contributed by atoms with Crippen LogP contribution in [0.5, 0.6) is 0 Å². The lowest BCUT2D eigenvalue weighted by molar-refractivity contribution is -0.141. The van der Waals surface area contributed by atoms with Gasteiger partial charge in [-0.3, -0.25) is 4.79 Å². The van der Waals surface area contributed by atoms with Gasteiger partial charge in [-0.2, -0.15) is 28.2 Å². The fraction of sp³-hybridized carbons (Fsp3) is 0.409. The second-order valence-corrected chi connectivity index (χ2v) is 8.36. The van der Waals surface area contributed by atoms with Crippen molar-refractivity contribution in [1.29, 1.82) is 0 Å². The van der Waals surface area contributed by atoms with E-state index in [0.29, 0.717) is 17.2 Å². The molecule has 5 rings (SSSR count). The number of carbonyl (C=O) groups is 1. The summed E-state index contributed by atoms with van der Waals surface area (Å²) >= 11 is 0. The minimum atomic E-state index is -4.54. The fourth-order valence-corrected chi connectivity index (χ4v) is 5.18. The molecule has 2 fully saturated rings. The molecular formula is C22H22F3N7O. The SMILES string of the molecule is CCC1C2CC(Nc3cnc(C(F)(F)F)cn3)C(C2)N1C(=O)c1ccccc1-n1nccn1. The van der Waals surface area contributed by atoms with E-state index < -0.39 is 11.9 Å². The van der Waals surface area contributed by atoms with E-state index in [1.165, 1.54) is 4.80 Å². The maximum absolute atomic E-state index is 13.8. The number of anilines is 1. The van der Waals surface area contributed by atoms with Gasteiger partial charge in [-0.15, -0.1) is 0 Å². The minimum Gasteiger partial charge on any atom is -0.364 e. The van der Waals surface area contributed by atoms with Crippen LogP contribution < -0.4 is 5.32 Å². The van der Waals surface area contributed by atoms with Gasteiger partial charge >= 0.3 is 6.18 Å². The van der Waals surface area contributed by atoms with Gasteiger partial charge in [0.2, 0.25) is 0 Å². The molecule has 2 bridgehead atoms. The number of aromatic nitrogens is 5. The fourth-order valence-electron chi connectivity index (χ4n) is 5.18. The van der Waals surface area contributed by atoms with Crippen molar-refractivity contribution >= 4 is 11.7 Å². The largest absolute Gasteiger partial charge is 0.434 e. The standard InChI is InChI=1S/C22H22F3N7O/c1-2-16-13-9-15(30-20-12-26-19(11-27-20)22(23,24)25)18(10-13)31(16)21(33)14-5-3-4-6-17(14)32-28-7-8-29-32/h3-8,11-13,15-16,18H,2,9-10H2,1H3,(H,27,30). The van der Waals surface area contributed by atoms with Crippen molar-refractivity contribution in [3.63, 3.8) is 0 Å². The molecule has 33 heavy (non-hydrogen) atoms. The predicted octanol–water partition coefficient (Wildman–Crippen LogP) is 3.57. The van der Waals surface area contributed by atoms with E-state index in [2.05, 4.69) is 32.4 Å². The lowest BCUT2D eigenvalue weighted by atomic mass is 9.93. The number of piperidine rings is 1. The molecule has 1 aromatic carbocycles. The summed E-state index contributed by atoms with van der Waals surface area (Å²) in [5.41, 5.74) is 0.0729. The van der Waals surface area contributed by atoms with Gasteiger partial charge in [-0.05, 0) is 37.3 Å². The van der Waals surface area contributed by atoms with Crippen LogP contribution in [0.3, 0.4) is 0 Å². The van der Waals surface area contributed by atoms with Gasteiger partial charge < -0.3 is 10.2 Å². The van der Waals surface area contributed by atoms with Crippen molar-refractivity contribution in [1.82, 2.24) is 29.9 Å². The number of nitrogens with one attached hydrogen (secondary N) is 1. The molecule has 2 aromatic heterocycles. The molecule has 2 aliphatic rings. The zero-order chi connectivity index (χ0) is 23.2. The van der Waals surface area contributed by atoms with E-state index in [4.69, 9.17) is 0 Å². The van der Waals surface area contributed by atoms with Crippen LogP contribution in [0.2, 0.25) is 0 Å². The van der Waals surface area contributed by atoms with Crippen molar-refractivity contribution in [2.45, 2.75) is 50.5 Å². The Bertz CT molecular complexity index is 1130. The molecule has 4 atom stereocenters. The summed E-state index contributed by atoms with van der Waals surface area (Å²) in [6.07, 6.45) is 2.86. The van der Waals surface area contributed by atoms with Gasteiger partial charge in [0.25, 0.3) is 5.91 Å². The van der Waals surface area contributed by atoms with E-state index in [0.717, 1.165) is 31.7 Å². The molecule has 1 saturated heterocycles. The molecule has 1 N–H and O–H groups in total. The maximum atomic E-state index is 13.8. The maximum Gasteiger partial charge on any atom is 0.434 e. The summed E-state index contributed by atoms with van der Waals surface area (Å²) in [4.78, 5) is 24.5. The van der Waals surface area contributed by atoms with Gasteiger partial charge in [0.1, 0.15) is 5.82 Å². The Hall–Kier alpha value is -3.50. The van der Waals surface area contributed by atoms with E-state index in [1.807, 2.05) is 17.0 Å². The molecular weight excluding hydrogens is 435 g/mol. The summed E-state index contributed by atoms with van der Waals surface area (Å²) in [6.45, 7) is 2.07. The Kier molecular flexibility index (Phi) is 5.26. The first-order valence-electron chi connectivity index (χ1n) is 10.8. The van der Waals surface area contributed by atoms with Crippen LogP contribution in [0.25, 0.3) is 5.69 Å². The molecule has 11 heteroatoms. The number of amides is 1. The van der Waals surface area contributed by atoms with E-state index in [1.54, 1.807) is 24.5 Å². The number of alkyl halides is 3. The molecule has 3 aromatic rings. The number of halogens is 3. The predicted molar refractivity (Wildman–Crippen MR) is 113 cm³/mol. The number of nitrogens with zero attached hydrogens (tertiary/aromatic N) is 6. The quantitative estimate of drug-likeness (QED) is 0.630. The van der Waals surface area contributed by atoms with Crippen molar-refractivity contribution in [3.05, 3.63) is 60.3 Å². The number of para-hydroxylation sites is 1. The first kappa shape index (κ1) is 21.4. The zero-order valence-corrected chi connectivity index (χ0v) is 17.8. The third kappa shape index (κ3) is 3.81. The molecule has 1 saturated carbocycles. The average Bonchev–Trinajstić information content (AvgIpc) is 3.55. The van der Waals surface area contributed by atoms with Crippen LogP contribution >= 0.6 is 0 Å². The molecule has 1 amide bonds. The topological polar surface area (TPSA) is 88.8 Å². The van der Waals surface area contributed by atoms with E-state index in [9.17, 15) is 18.0 Å². The van der Waals surface area contributed by atoms with E-state index in [-0.39, 0.29) is 29.9 Å². The second kappa shape index (κ2) is 8.13. The molecule has 1 aliphatic carbocycles. The first-order valence-corrected chi connectivity index (χ1v) is 10.8. The van der Waals surface area contributed by atoms with Crippen LogP contribution in [0.15, 0.2) is 49.1 Å². The Balaban J connectivity index is 1.40. The number of benzene rings is 1. The van der Waals surface area contributed by atoms with Crippen LogP contribution in [0, 0.1) is 5.92 Å².